The number of amides is 1. The lowest BCUT2D eigenvalue weighted by Gasteiger charge is -2.22. The van der Waals surface area contributed by atoms with E-state index in [0.717, 1.165) is 53.5 Å². The highest BCUT2D eigenvalue weighted by atomic mass is 16.5. The third-order valence-corrected chi connectivity index (χ3v) is 5.75. The third kappa shape index (κ3) is 3.84. The number of nitrogens with zero attached hydrogens (tertiary/aromatic N) is 3. The minimum Gasteiger partial charge on any atom is -0.481 e. The van der Waals surface area contributed by atoms with Crippen molar-refractivity contribution in [3.63, 3.8) is 0 Å². The number of ether oxygens (including phenoxy) is 1. The maximum absolute atomic E-state index is 12.8. The third-order valence-electron chi connectivity index (χ3n) is 5.75. The molecule has 0 spiro atoms. The van der Waals surface area contributed by atoms with Crippen LogP contribution in [0.2, 0.25) is 0 Å². The van der Waals surface area contributed by atoms with Gasteiger partial charge in [0.2, 0.25) is 0 Å². The second-order valence-electron chi connectivity index (χ2n) is 8.08. The highest BCUT2D eigenvalue weighted by molar-refractivity contribution is 5.83. The minimum atomic E-state index is -0.672. The quantitative estimate of drug-likeness (QED) is 0.605. The van der Waals surface area contributed by atoms with Crippen LogP contribution in [0.3, 0.4) is 0 Å². The van der Waals surface area contributed by atoms with Gasteiger partial charge in [0.15, 0.2) is 6.10 Å². The van der Waals surface area contributed by atoms with Crippen molar-refractivity contribution in [2.75, 3.05) is 7.05 Å². The Balaban J connectivity index is 1.51. The van der Waals surface area contributed by atoms with Crippen molar-refractivity contribution in [1.82, 2.24) is 14.7 Å². The van der Waals surface area contributed by atoms with E-state index >= 15 is 0 Å². The molecule has 158 valence electrons. The molecule has 0 radical (unpaired) electrons. The number of hydrogen-bond acceptors (Lipinski definition) is 5. The number of benzene rings is 1. The summed E-state index contributed by atoms with van der Waals surface area (Å²) in [6.07, 6.45) is 5.02. The Bertz CT molecular complexity index is 1160. The van der Waals surface area contributed by atoms with Crippen molar-refractivity contribution >= 4 is 16.9 Å². The largest absolute Gasteiger partial charge is 0.481 e. The summed E-state index contributed by atoms with van der Waals surface area (Å²) in [5.41, 5.74) is 4.05. The van der Waals surface area contributed by atoms with Crippen LogP contribution < -0.4 is 10.4 Å². The Morgan fingerprint density at radius 2 is 2.03 bits per heavy atom. The lowest BCUT2D eigenvalue weighted by atomic mass is 9.91. The number of aromatic nitrogens is 2. The van der Waals surface area contributed by atoms with Crippen molar-refractivity contribution < 1.29 is 13.9 Å². The van der Waals surface area contributed by atoms with Gasteiger partial charge in [-0.3, -0.25) is 9.48 Å². The topological polar surface area (TPSA) is 77.6 Å². The molecule has 2 aromatic heterocycles. The zero-order valence-electron chi connectivity index (χ0n) is 17.9. The van der Waals surface area contributed by atoms with E-state index in [9.17, 15) is 9.59 Å². The van der Waals surface area contributed by atoms with Gasteiger partial charge in [0.1, 0.15) is 11.3 Å². The lowest BCUT2D eigenvalue weighted by molar-refractivity contribution is -0.137. The predicted molar refractivity (Wildman–Crippen MR) is 114 cm³/mol. The van der Waals surface area contributed by atoms with Crippen LogP contribution in [0.1, 0.15) is 42.1 Å². The maximum Gasteiger partial charge on any atom is 0.339 e. The van der Waals surface area contributed by atoms with Crippen LogP contribution in [-0.4, -0.2) is 33.7 Å². The second-order valence-corrected chi connectivity index (χ2v) is 8.08. The molecule has 30 heavy (non-hydrogen) atoms. The summed E-state index contributed by atoms with van der Waals surface area (Å²) in [6.45, 7) is 4.11. The van der Waals surface area contributed by atoms with Crippen LogP contribution in [0.5, 0.6) is 5.75 Å². The molecule has 1 atom stereocenters. The van der Waals surface area contributed by atoms with Crippen LogP contribution in [-0.2, 0) is 31.2 Å². The van der Waals surface area contributed by atoms with Gasteiger partial charge < -0.3 is 14.1 Å². The molecule has 0 N–H and O–H groups in total. The molecule has 7 heteroatoms. The van der Waals surface area contributed by atoms with Crippen LogP contribution in [0.4, 0.5) is 0 Å². The van der Waals surface area contributed by atoms with Crippen molar-refractivity contribution in [2.45, 2.75) is 52.2 Å². The molecule has 7 nitrogen and oxygen atoms in total. The summed E-state index contributed by atoms with van der Waals surface area (Å²) < 4.78 is 13.2. The van der Waals surface area contributed by atoms with Crippen molar-refractivity contribution in [2.24, 2.45) is 7.05 Å². The molecule has 1 aliphatic rings. The highest BCUT2D eigenvalue weighted by Gasteiger charge is 2.22. The summed E-state index contributed by atoms with van der Waals surface area (Å²) >= 11 is 0. The highest BCUT2D eigenvalue weighted by Crippen LogP contribution is 2.29. The molecule has 0 saturated carbocycles. The first-order valence-corrected chi connectivity index (χ1v) is 10.3. The van der Waals surface area contributed by atoms with Crippen LogP contribution in [0.15, 0.2) is 33.6 Å². The van der Waals surface area contributed by atoms with Gasteiger partial charge >= 0.3 is 5.63 Å². The molecule has 1 amide bonds. The van der Waals surface area contributed by atoms with Crippen LogP contribution in [0.25, 0.3) is 11.0 Å². The van der Waals surface area contributed by atoms with Crippen LogP contribution >= 0.6 is 0 Å². The van der Waals surface area contributed by atoms with E-state index in [0.29, 0.717) is 17.9 Å². The maximum atomic E-state index is 12.8. The van der Waals surface area contributed by atoms with Gasteiger partial charge in [-0.25, -0.2) is 4.79 Å². The zero-order valence-corrected chi connectivity index (χ0v) is 17.9. The molecule has 3 aromatic rings. The summed E-state index contributed by atoms with van der Waals surface area (Å²) in [5, 5.41) is 5.27. The molecular weight excluding hydrogens is 382 g/mol. The Morgan fingerprint density at radius 1 is 1.30 bits per heavy atom. The van der Waals surface area contributed by atoms with E-state index in [1.165, 1.54) is 0 Å². The fourth-order valence-corrected chi connectivity index (χ4v) is 4.20. The number of aryl methyl sites for hydroxylation is 3. The minimum absolute atomic E-state index is 0.134. The molecule has 0 saturated heterocycles. The number of carbonyl (C=O) groups excluding carboxylic acids is 1. The molecular formula is C23H27N3O4. The number of likely N-dealkylation sites (N-methyl/N-ethyl adjacent to an activating group) is 1. The van der Waals surface area contributed by atoms with Gasteiger partial charge in [-0.1, -0.05) is 0 Å². The molecule has 2 heterocycles. The SMILES string of the molecule is Cc1nn(C)cc1CN(C)C(=O)C(C)Oc1ccc2c3c(c(=O)oc2c1)CCCC3. The molecule has 0 bridgehead atoms. The number of rotatable bonds is 5. The standard InChI is InChI=1S/C23H27N3O4/c1-14-16(13-26(4)24-14)12-25(3)22(27)15(2)29-17-9-10-19-18-7-5-6-8-20(18)23(28)30-21(19)11-17/h9-11,13,15H,5-8,12H2,1-4H3. The van der Waals surface area contributed by atoms with E-state index in [1.54, 1.807) is 29.6 Å². The molecule has 1 unspecified atom stereocenters. The Labute approximate surface area is 175 Å². The first kappa shape index (κ1) is 20.2. The molecule has 1 aromatic carbocycles. The van der Waals surface area contributed by atoms with Gasteiger partial charge in [0.25, 0.3) is 5.91 Å². The first-order valence-electron chi connectivity index (χ1n) is 10.3. The fourth-order valence-electron chi connectivity index (χ4n) is 4.20. The number of fused-ring (bicyclic) bond motifs is 3. The van der Waals surface area contributed by atoms with E-state index in [1.807, 2.05) is 32.3 Å². The number of carbonyl (C=O) groups is 1. The molecule has 0 fully saturated rings. The van der Waals surface area contributed by atoms with Gasteiger partial charge in [0.05, 0.1) is 5.69 Å². The van der Waals surface area contributed by atoms with Crippen LogP contribution in [0, 0.1) is 6.92 Å². The number of hydrogen-bond donors (Lipinski definition) is 0. The Hall–Kier alpha value is -3.09. The smallest absolute Gasteiger partial charge is 0.339 e. The molecule has 0 aliphatic heterocycles. The molecule has 1 aliphatic carbocycles. The zero-order chi connectivity index (χ0) is 21.4. The van der Waals surface area contributed by atoms with E-state index in [-0.39, 0.29) is 11.5 Å². The lowest BCUT2D eigenvalue weighted by Crippen LogP contribution is -2.37. The summed E-state index contributed by atoms with van der Waals surface area (Å²) in [4.78, 5) is 26.7. The van der Waals surface area contributed by atoms with Crippen molar-refractivity contribution in [1.29, 1.82) is 0 Å². The van der Waals surface area contributed by atoms with Crippen molar-refractivity contribution in [3.8, 4) is 5.75 Å². The average molecular weight is 409 g/mol. The molecule has 4 rings (SSSR count). The summed E-state index contributed by atoms with van der Waals surface area (Å²) in [5.74, 6) is 0.374. The van der Waals surface area contributed by atoms with Gasteiger partial charge in [-0.2, -0.15) is 5.10 Å². The Morgan fingerprint density at radius 3 is 2.73 bits per heavy atom. The van der Waals surface area contributed by atoms with Gasteiger partial charge in [0, 0.05) is 49.4 Å². The summed E-state index contributed by atoms with van der Waals surface area (Å²) in [6, 6.07) is 5.48. The van der Waals surface area contributed by atoms with Gasteiger partial charge in [-0.15, -0.1) is 0 Å². The fraction of sp³-hybridized carbons (Fsp3) is 0.435. The van der Waals surface area contributed by atoms with E-state index in [2.05, 4.69) is 5.10 Å². The van der Waals surface area contributed by atoms with E-state index in [4.69, 9.17) is 9.15 Å². The summed E-state index contributed by atoms with van der Waals surface area (Å²) in [7, 11) is 3.61. The predicted octanol–water partition coefficient (Wildman–Crippen LogP) is 3.14. The van der Waals surface area contributed by atoms with E-state index < -0.39 is 6.10 Å². The average Bonchev–Trinajstić information content (AvgIpc) is 3.04. The Kier molecular flexibility index (Phi) is 5.37. The van der Waals surface area contributed by atoms with Gasteiger partial charge in [-0.05, 0) is 57.2 Å². The van der Waals surface area contributed by atoms with Crippen molar-refractivity contribution in [3.05, 3.63) is 57.2 Å². The normalized spacial score (nSPS) is 14.4. The second kappa shape index (κ2) is 7.97. The monoisotopic (exact) mass is 409 g/mol. The first-order chi connectivity index (χ1) is 14.3.